The predicted octanol–water partition coefficient (Wildman–Crippen LogP) is 11.7. The Hall–Kier alpha value is -4.38. The van der Waals surface area contributed by atoms with Gasteiger partial charge >= 0.3 is 0 Å². The summed E-state index contributed by atoms with van der Waals surface area (Å²) in [6.45, 7) is 13.2. The van der Waals surface area contributed by atoms with Crippen LogP contribution in [0.15, 0.2) is 89.5 Å². The van der Waals surface area contributed by atoms with E-state index in [1.54, 1.807) is 0 Å². The number of benzene rings is 3. The number of aryl methyl sites for hydroxylation is 1. The molecule has 0 spiro atoms. The van der Waals surface area contributed by atoms with Crippen LogP contribution >= 0.6 is 0 Å². The van der Waals surface area contributed by atoms with E-state index in [1.807, 2.05) is 43.5 Å². The number of rotatable bonds is 4. The molecule has 7 aromatic rings. The largest absolute Gasteiger partial charge is 0.486 e. The fourth-order valence-electron chi connectivity index (χ4n) is 7.85. The van der Waals surface area contributed by atoms with E-state index in [2.05, 4.69) is 116 Å². The van der Waals surface area contributed by atoms with Crippen molar-refractivity contribution < 1.29 is 24.5 Å². The number of furan rings is 1. The summed E-state index contributed by atoms with van der Waals surface area (Å²) in [5, 5.41) is 2.08. The molecule has 0 unspecified atom stereocenters. The molecular weight excluding hydrogens is 805 g/mol. The molecular formula is C45H44IrN4O-2. The number of imidazole rings is 1. The first kappa shape index (κ1) is 35.0. The van der Waals surface area contributed by atoms with Crippen molar-refractivity contribution in [3.05, 3.63) is 120 Å². The summed E-state index contributed by atoms with van der Waals surface area (Å²) >= 11 is 0. The van der Waals surface area contributed by atoms with Crippen molar-refractivity contribution in [1.82, 2.24) is 19.5 Å². The standard InChI is InChI=1S/C23H23N2.C22H21N2O.Ir/c1-23(2)15-14-19-18(16-8-6-7-9-16)12-13-20-21(19)25(23)22(24-20)17-10-4-3-5-11-17;1-14-8-9-17-16-6-5-7-18(20(16)25-21(17)24-14)19-12-15(10-11-23-19)13-22(2,3)4;/h3-5,10,12-16H,6-9H2,1-2H3;5-6,8-12H,13H2,1-4H3;/q2*-1;. The average Bonchev–Trinajstić information content (AvgIpc) is 3.85. The maximum Gasteiger partial charge on any atom is 0.216 e. The summed E-state index contributed by atoms with van der Waals surface area (Å²) in [6, 6.07) is 31.6. The number of pyridine rings is 2. The van der Waals surface area contributed by atoms with E-state index in [0.717, 1.165) is 56.6 Å². The Kier molecular flexibility index (Phi) is 9.37. The molecule has 6 heteroatoms. The zero-order valence-electron chi connectivity index (χ0n) is 30.3. The van der Waals surface area contributed by atoms with Crippen LogP contribution in [0.1, 0.15) is 88.6 Å². The SMILES string of the molecule is CC1(C)C=Cc2c(C3CCCC3)ccc3nc(-c4[c-]cccc4)n1c23.Cc1ccc2c(n1)oc1c(-c3cc(CC(C)(C)C)ccn3)[c-]ccc12.[Ir]. The number of hydrogen-bond acceptors (Lipinski definition) is 4. The van der Waals surface area contributed by atoms with E-state index >= 15 is 0 Å². The van der Waals surface area contributed by atoms with Gasteiger partial charge in [-0.3, -0.25) is 4.98 Å². The van der Waals surface area contributed by atoms with Gasteiger partial charge in [-0.1, -0.05) is 74.4 Å². The zero-order valence-corrected chi connectivity index (χ0v) is 32.7. The fourth-order valence-corrected chi connectivity index (χ4v) is 7.85. The van der Waals surface area contributed by atoms with Crippen molar-refractivity contribution in [2.75, 3.05) is 0 Å². The molecule has 0 bridgehead atoms. The van der Waals surface area contributed by atoms with Gasteiger partial charge in [-0.2, -0.15) is 0 Å². The molecule has 1 fully saturated rings. The van der Waals surface area contributed by atoms with Gasteiger partial charge in [0.25, 0.3) is 0 Å². The van der Waals surface area contributed by atoms with Crippen LogP contribution in [0.3, 0.4) is 0 Å². The van der Waals surface area contributed by atoms with E-state index in [0.29, 0.717) is 11.6 Å². The summed E-state index contributed by atoms with van der Waals surface area (Å²) in [5.74, 6) is 1.73. The van der Waals surface area contributed by atoms with Crippen LogP contribution in [0, 0.1) is 24.5 Å². The molecule has 1 aliphatic heterocycles. The topological polar surface area (TPSA) is 56.7 Å². The Labute approximate surface area is 314 Å². The van der Waals surface area contributed by atoms with Crippen molar-refractivity contribution in [1.29, 1.82) is 0 Å². The number of fused-ring (bicyclic) bond motifs is 3. The summed E-state index contributed by atoms with van der Waals surface area (Å²) in [4.78, 5) is 14.1. The minimum Gasteiger partial charge on any atom is -0.486 e. The van der Waals surface area contributed by atoms with Gasteiger partial charge < -0.3 is 14.0 Å². The molecule has 261 valence electrons. The van der Waals surface area contributed by atoms with E-state index in [9.17, 15) is 0 Å². The van der Waals surface area contributed by atoms with Gasteiger partial charge in [0.1, 0.15) is 0 Å². The third kappa shape index (κ3) is 6.72. The van der Waals surface area contributed by atoms with Gasteiger partial charge in [0.05, 0.1) is 28.0 Å². The second-order valence-electron chi connectivity index (χ2n) is 15.7. The Bertz CT molecular complexity index is 2390. The minimum atomic E-state index is -0.0882. The fraction of sp³-hybridized carbons (Fsp3) is 0.311. The molecule has 3 aromatic carbocycles. The molecule has 9 rings (SSSR count). The van der Waals surface area contributed by atoms with Crippen molar-refractivity contribution >= 4 is 39.2 Å². The molecule has 1 saturated carbocycles. The number of hydrogen-bond donors (Lipinski definition) is 0. The average molecular weight is 849 g/mol. The monoisotopic (exact) mass is 849 g/mol. The number of nitrogens with zero attached hydrogens (tertiary/aromatic N) is 4. The van der Waals surface area contributed by atoms with E-state index in [4.69, 9.17) is 9.40 Å². The quantitative estimate of drug-likeness (QED) is 0.166. The summed E-state index contributed by atoms with van der Waals surface area (Å²) < 4.78 is 8.50. The molecule has 1 radical (unpaired) electrons. The van der Waals surface area contributed by atoms with Gasteiger partial charge in [0, 0.05) is 42.9 Å². The van der Waals surface area contributed by atoms with E-state index < -0.39 is 0 Å². The summed E-state index contributed by atoms with van der Waals surface area (Å²) in [7, 11) is 0. The molecule has 0 N–H and O–H groups in total. The maximum absolute atomic E-state index is 6.08. The van der Waals surface area contributed by atoms with E-state index in [-0.39, 0.29) is 31.1 Å². The molecule has 5 heterocycles. The first-order valence-corrected chi connectivity index (χ1v) is 17.9. The predicted molar refractivity (Wildman–Crippen MR) is 205 cm³/mol. The first-order valence-electron chi connectivity index (χ1n) is 17.9. The molecule has 0 saturated heterocycles. The number of aromatic nitrogens is 4. The van der Waals surface area contributed by atoms with Crippen LogP contribution < -0.4 is 0 Å². The van der Waals surface area contributed by atoms with Crippen LogP contribution in [0.2, 0.25) is 0 Å². The minimum absolute atomic E-state index is 0. The second-order valence-corrected chi connectivity index (χ2v) is 15.7. The second kappa shape index (κ2) is 13.6. The Morgan fingerprint density at radius 1 is 0.922 bits per heavy atom. The van der Waals surface area contributed by atoms with Crippen molar-refractivity contribution in [3.8, 4) is 22.6 Å². The zero-order chi connectivity index (χ0) is 34.6. The molecule has 5 nitrogen and oxygen atoms in total. The van der Waals surface area contributed by atoms with Crippen LogP contribution in [0.4, 0.5) is 0 Å². The molecule has 2 aliphatic rings. The van der Waals surface area contributed by atoms with Crippen molar-refractivity contribution in [2.24, 2.45) is 5.41 Å². The van der Waals surface area contributed by atoms with Gasteiger partial charge in [-0.15, -0.1) is 54.1 Å². The van der Waals surface area contributed by atoms with Crippen LogP contribution in [0.5, 0.6) is 0 Å². The summed E-state index contributed by atoms with van der Waals surface area (Å²) in [6.07, 6.45) is 12.9. The molecule has 1 aliphatic carbocycles. The Morgan fingerprint density at radius 2 is 1.75 bits per heavy atom. The van der Waals surface area contributed by atoms with Crippen molar-refractivity contribution in [3.63, 3.8) is 0 Å². The van der Waals surface area contributed by atoms with Crippen LogP contribution in [-0.2, 0) is 32.1 Å². The normalized spacial score (nSPS) is 15.3. The maximum atomic E-state index is 6.08. The first-order chi connectivity index (χ1) is 24.1. The molecule has 0 amide bonds. The third-order valence-electron chi connectivity index (χ3n) is 10.1. The Balaban J connectivity index is 0.000000156. The van der Waals surface area contributed by atoms with Gasteiger partial charge in [-0.05, 0) is 86.9 Å². The summed E-state index contributed by atoms with van der Waals surface area (Å²) in [5.41, 5.74) is 12.0. The number of allylic oxidation sites excluding steroid dienone is 1. The van der Waals surface area contributed by atoms with Crippen LogP contribution in [0.25, 0.3) is 61.8 Å². The van der Waals surface area contributed by atoms with Crippen LogP contribution in [-0.4, -0.2) is 19.5 Å². The third-order valence-corrected chi connectivity index (χ3v) is 10.1. The molecule has 51 heavy (non-hydrogen) atoms. The van der Waals surface area contributed by atoms with Gasteiger partial charge in [0.15, 0.2) is 0 Å². The molecule has 4 aromatic heterocycles. The van der Waals surface area contributed by atoms with Gasteiger partial charge in [0.2, 0.25) is 5.71 Å². The van der Waals surface area contributed by atoms with Gasteiger partial charge in [-0.25, -0.2) is 4.98 Å². The molecule has 0 atom stereocenters. The smallest absolute Gasteiger partial charge is 0.216 e. The van der Waals surface area contributed by atoms with Crippen molar-refractivity contribution in [2.45, 2.75) is 85.1 Å². The van der Waals surface area contributed by atoms with E-state index in [1.165, 1.54) is 47.9 Å². The Morgan fingerprint density at radius 3 is 2.51 bits per heavy atom.